The molecule has 0 spiro atoms. The van der Waals surface area contributed by atoms with Crippen molar-refractivity contribution in [3.63, 3.8) is 0 Å². The number of fused-ring (bicyclic) bond motifs is 1. The number of nitro benzene ring substituents is 1. The highest BCUT2D eigenvalue weighted by molar-refractivity contribution is 5.85. The van der Waals surface area contributed by atoms with E-state index in [2.05, 4.69) is 5.32 Å². The van der Waals surface area contributed by atoms with Crippen molar-refractivity contribution < 1.29 is 18.8 Å². The van der Waals surface area contributed by atoms with E-state index in [0.717, 1.165) is 13.1 Å². The van der Waals surface area contributed by atoms with Gasteiger partial charge >= 0.3 is 0 Å². The first-order chi connectivity index (χ1) is 10.2. The smallest absolute Gasteiger partial charge is 0.278 e. The third kappa shape index (κ3) is 3.95. The molecule has 23 heavy (non-hydrogen) atoms. The molecule has 1 N–H and O–H groups in total. The second-order valence-corrected chi connectivity index (χ2v) is 4.98. The molecule has 1 saturated heterocycles. The van der Waals surface area contributed by atoms with Crippen molar-refractivity contribution in [2.75, 3.05) is 39.6 Å². The number of nitro groups is 1. The predicted octanol–water partition coefficient (Wildman–Crippen LogP) is 2.08. The molecule has 2 aliphatic rings. The van der Waals surface area contributed by atoms with Gasteiger partial charge in [0.1, 0.15) is 6.67 Å². The van der Waals surface area contributed by atoms with E-state index < -0.39 is 17.6 Å². The van der Waals surface area contributed by atoms with Crippen molar-refractivity contribution in [2.24, 2.45) is 0 Å². The highest BCUT2D eigenvalue weighted by atomic mass is 35.5. The molecular weight excluding hydrogens is 352 g/mol. The number of hydrogen-bond donors (Lipinski definition) is 1. The van der Waals surface area contributed by atoms with Gasteiger partial charge in [-0.3, -0.25) is 15.0 Å². The van der Waals surface area contributed by atoms with E-state index in [1.165, 1.54) is 12.1 Å². The van der Waals surface area contributed by atoms with Crippen LogP contribution in [0.3, 0.4) is 0 Å². The molecule has 1 aromatic rings. The van der Waals surface area contributed by atoms with Crippen LogP contribution < -0.4 is 14.8 Å². The molecule has 2 aliphatic heterocycles. The summed E-state index contributed by atoms with van der Waals surface area (Å²) in [7, 11) is 0. The Hall–Kier alpha value is -1.35. The van der Waals surface area contributed by atoms with Crippen molar-refractivity contribution in [2.45, 2.75) is 6.04 Å². The van der Waals surface area contributed by atoms with E-state index in [1.54, 1.807) is 0 Å². The molecule has 7 nitrogen and oxygen atoms in total. The van der Waals surface area contributed by atoms with Crippen LogP contribution in [0.15, 0.2) is 12.1 Å². The Labute approximate surface area is 145 Å². The number of piperazine rings is 1. The standard InChI is InChI=1S/C13H16FN3O4.2ClH/c14-7-11(16-3-1-15-2-4-16)9-5-12-13(21-8-20-12)6-10(9)17(18)19;;/h5-6,11,15H,1-4,7-8H2;2*1H/t11-;;/m0../s1. The number of nitrogens with one attached hydrogen (secondary N) is 1. The van der Waals surface area contributed by atoms with E-state index in [4.69, 9.17) is 9.47 Å². The first-order valence-corrected chi connectivity index (χ1v) is 6.79. The molecule has 0 aliphatic carbocycles. The predicted molar refractivity (Wildman–Crippen MR) is 86.9 cm³/mol. The van der Waals surface area contributed by atoms with Crippen LogP contribution >= 0.6 is 24.8 Å². The van der Waals surface area contributed by atoms with Crippen LogP contribution in [0.2, 0.25) is 0 Å². The van der Waals surface area contributed by atoms with Crippen molar-refractivity contribution >= 4 is 30.5 Å². The van der Waals surface area contributed by atoms with Crippen molar-refractivity contribution in [1.29, 1.82) is 0 Å². The van der Waals surface area contributed by atoms with Crippen LogP contribution in [-0.2, 0) is 0 Å². The summed E-state index contributed by atoms with van der Waals surface area (Å²) in [6, 6.07) is 2.22. The Bertz CT molecular complexity index is 558. The number of hydrogen-bond acceptors (Lipinski definition) is 6. The Kier molecular flexibility index (Phi) is 7.27. The molecule has 0 bridgehead atoms. The van der Waals surface area contributed by atoms with Gasteiger partial charge in [0.2, 0.25) is 6.79 Å². The van der Waals surface area contributed by atoms with Gasteiger partial charge in [-0.15, -0.1) is 24.8 Å². The van der Waals surface area contributed by atoms with Crippen LogP contribution in [0.25, 0.3) is 0 Å². The Balaban J connectivity index is 0.00000132. The SMILES string of the molecule is Cl.Cl.O=[N+]([O-])c1cc2c(cc1[C@H](CF)N1CCNCC1)OCO2. The molecule has 0 saturated carbocycles. The minimum atomic E-state index is -0.680. The topological polar surface area (TPSA) is 76.9 Å². The maximum absolute atomic E-state index is 13.6. The summed E-state index contributed by atoms with van der Waals surface area (Å²) < 4.78 is 24.0. The number of ether oxygens (including phenoxy) is 2. The fraction of sp³-hybridized carbons (Fsp3) is 0.538. The number of halogens is 3. The average Bonchev–Trinajstić information content (AvgIpc) is 2.95. The lowest BCUT2D eigenvalue weighted by atomic mass is 10.0. The Morgan fingerprint density at radius 2 is 1.87 bits per heavy atom. The van der Waals surface area contributed by atoms with Gasteiger partial charge in [-0.05, 0) is 6.07 Å². The summed E-state index contributed by atoms with van der Waals surface area (Å²) in [5.74, 6) is 0.771. The minimum absolute atomic E-state index is 0. The van der Waals surface area contributed by atoms with Gasteiger partial charge in [0.05, 0.1) is 22.6 Å². The summed E-state index contributed by atoms with van der Waals surface area (Å²) in [6.45, 7) is 2.15. The zero-order valence-electron chi connectivity index (χ0n) is 12.2. The second-order valence-electron chi connectivity index (χ2n) is 4.98. The zero-order chi connectivity index (χ0) is 14.8. The minimum Gasteiger partial charge on any atom is -0.454 e. The lowest BCUT2D eigenvalue weighted by Gasteiger charge is -2.33. The van der Waals surface area contributed by atoms with Gasteiger partial charge < -0.3 is 14.8 Å². The van der Waals surface area contributed by atoms with Crippen molar-refractivity contribution in [3.8, 4) is 11.5 Å². The Morgan fingerprint density at radius 1 is 1.26 bits per heavy atom. The molecule has 0 radical (unpaired) electrons. The van der Waals surface area contributed by atoms with Crippen molar-refractivity contribution in [1.82, 2.24) is 10.2 Å². The fourth-order valence-electron chi connectivity index (χ4n) is 2.74. The molecule has 130 valence electrons. The van der Waals surface area contributed by atoms with E-state index in [-0.39, 0.29) is 37.3 Å². The monoisotopic (exact) mass is 369 g/mol. The number of alkyl halides is 1. The normalized spacial score (nSPS) is 17.8. The quantitative estimate of drug-likeness (QED) is 0.646. The second kappa shape index (κ2) is 8.49. The Morgan fingerprint density at radius 3 is 2.43 bits per heavy atom. The van der Waals surface area contributed by atoms with Crippen LogP contribution in [0.4, 0.5) is 10.1 Å². The summed E-state index contributed by atoms with van der Waals surface area (Å²) in [5.41, 5.74) is 0.217. The summed E-state index contributed by atoms with van der Waals surface area (Å²) in [4.78, 5) is 12.7. The zero-order valence-corrected chi connectivity index (χ0v) is 13.8. The number of benzene rings is 1. The molecule has 10 heteroatoms. The van der Waals surface area contributed by atoms with E-state index in [1.807, 2.05) is 4.90 Å². The fourth-order valence-corrected chi connectivity index (χ4v) is 2.74. The van der Waals surface area contributed by atoms with E-state index >= 15 is 0 Å². The van der Waals surface area contributed by atoms with Gasteiger partial charge in [0, 0.05) is 26.2 Å². The van der Waals surface area contributed by atoms with Gasteiger partial charge in [0.15, 0.2) is 11.5 Å². The highest BCUT2D eigenvalue weighted by Crippen LogP contribution is 2.41. The molecule has 1 atom stereocenters. The first kappa shape index (κ1) is 19.7. The molecule has 0 aromatic heterocycles. The van der Waals surface area contributed by atoms with E-state index in [0.29, 0.717) is 30.2 Å². The summed E-state index contributed by atoms with van der Waals surface area (Å²) in [5, 5.41) is 14.5. The van der Waals surface area contributed by atoms with Gasteiger partial charge in [-0.2, -0.15) is 0 Å². The summed E-state index contributed by atoms with van der Waals surface area (Å²) >= 11 is 0. The third-order valence-electron chi connectivity index (χ3n) is 3.82. The van der Waals surface area contributed by atoms with Crippen LogP contribution in [0.5, 0.6) is 11.5 Å². The largest absolute Gasteiger partial charge is 0.454 e. The van der Waals surface area contributed by atoms with Crippen LogP contribution in [0, 0.1) is 10.1 Å². The molecule has 0 amide bonds. The maximum Gasteiger partial charge on any atom is 0.278 e. The molecular formula is C13H18Cl2FN3O4. The number of nitrogens with zero attached hydrogens (tertiary/aromatic N) is 2. The lowest BCUT2D eigenvalue weighted by Crippen LogP contribution is -2.45. The molecule has 1 aromatic carbocycles. The van der Waals surface area contributed by atoms with E-state index in [9.17, 15) is 14.5 Å². The summed E-state index contributed by atoms with van der Waals surface area (Å²) in [6.07, 6.45) is 0. The van der Waals surface area contributed by atoms with Gasteiger partial charge in [-0.25, -0.2) is 4.39 Å². The molecule has 0 unspecified atom stereocenters. The van der Waals surface area contributed by atoms with Gasteiger partial charge in [-0.1, -0.05) is 0 Å². The number of rotatable bonds is 4. The van der Waals surface area contributed by atoms with Crippen molar-refractivity contribution in [3.05, 3.63) is 27.8 Å². The highest BCUT2D eigenvalue weighted by Gasteiger charge is 2.31. The maximum atomic E-state index is 13.6. The molecule has 3 rings (SSSR count). The average molecular weight is 370 g/mol. The van der Waals surface area contributed by atoms with Crippen LogP contribution in [-0.4, -0.2) is 49.5 Å². The third-order valence-corrected chi connectivity index (χ3v) is 3.82. The van der Waals surface area contributed by atoms with Crippen LogP contribution in [0.1, 0.15) is 11.6 Å². The molecule has 1 fully saturated rings. The first-order valence-electron chi connectivity index (χ1n) is 6.79. The molecule has 2 heterocycles. The lowest BCUT2D eigenvalue weighted by molar-refractivity contribution is -0.386. The van der Waals surface area contributed by atoms with Gasteiger partial charge in [0.25, 0.3) is 5.69 Å².